The van der Waals surface area contributed by atoms with E-state index < -0.39 is 0 Å². The highest BCUT2D eigenvalue weighted by atomic mass is 16.6. The van der Waals surface area contributed by atoms with Gasteiger partial charge in [-0.15, -0.1) is 0 Å². The Kier molecular flexibility index (Phi) is 3.50. The van der Waals surface area contributed by atoms with Crippen LogP contribution < -0.4 is 4.74 Å². The minimum atomic E-state index is -0.146. The van der Waals surface area contributed by atoms with E-state index >= 15 is 0 Å². The van der Waals surface area contributed by atoms with Crippen LogP contribution in [0.4, 0.5) is 0 Å². The third-order valence-corrected chi connectivity index (χ3v) is 2.00. The molecule has 5 heteroatoms. The Labute approximate surface area is 92.7 Å². The summed E-state index contributed by atoms with van der Waals surface area (Å²) in [5.74, 6) is 0. The Morgan fingerprint density at radius 1 is 1.31 bits per heavy atom. The third kappa shape index (κ3) is 2.80. The van der Waals surface area contributed by atoms with Crippen LogP contribution in [0.5, 0.6) is 6.08 Å². The van der Waals surface area contributed by atoms with E-state index in [1.54, 1.807) is 6.20 Å². The lowest BCUT2D eigenvalue weighted by Gasteiger charge is -2.00. The molecule has 16 heavy (non-hydrogen) atoms. The van der Waals surface area contributed by atoms with Crippen molar-refractivity contribution in [2.75, 3.05) is 6.61 Å². The van der Waals surface area contributed by atoms with E-state index in [1.165, 1.54) is 6.26 Å². The number of ether oxygens (including phenoxy) is 1. The standard InChI is InChI=1S/C11H12N2O3/c14-7-10-8-16-11(13-10)15-6-4-9-3-1-2-5-12-9/h1-3,5,8,14H,4,6-7H2. The highest BCUT2D eigenvalue weighted by Crippen LogP contribution is 2.10. The smallest absolute Gasteiger partial charge is 0.393 e. The fourth-order valence-electron chi connectivity index (χ4n) is 1.22. The molecular formula is C11H12N2O3. The topological polar surface area (TPSA) is 68.4 Å². The normalized spacial score (nSPS) is 10.3. The zero-order valence-corrected chi connectivity index (χ0v) is 8.67. The summed E-state index contributed by atoms with van der Waals surface area (Å²) in [5, 5.41) is 8.77. The fraction of sp³-hybridized carbons (Fsp3) is 0.273. The quantitative estimate of drug-likeness (QED) is 0.819. The predicted octanol–water partition coefficient (Wildman–Crippen LogP) is 1.18. The van der Waals surface area contributed by atoms with E-state index in [0.717, 1.165) is 5.69 Å². The second-order valence-corrected chi connectivity index (χ2v) is 3.18. The molecule has 2 rings (SSSR count). The van der Waals surface area contributed by atoms with Crippen LogP contribution in [0, 0.1) is 0 Å². The lowest BCUT2D eigenvalue weighted by molar-refractivity contribution is 0.232. The van der Waals surface area contributed by atoms with Gasteiger partial charge in [0.05, 0.1) is 13.2 Å². The van der Waals surface area contributed by atoms with Gasteiger partial charge in [0.15, 0.2) is 0 Å². The number of hydrogen-bond acceptors (Lipinski definition) is 5. The van der Waals surface area contributed by atoms with Gasteiger partial charge in [-0.1, -0.05) is 6.07 Å². The van der Waals surface area contributed by atoms with Gasteiger partial charge >= 0.3 is 6.08 Å². The lowest BCUT2D eigenvalue weighted by atomic mass is 10.3. The number of aliphatic hydroxyl groups excluding tert-OH is 1. The second-order valence-electron chi connectivity index (χ2n) is 3.18. The minimum Gasteiger partial charge on any atom is -0.450 e. The Morgan fingerprint density at radius 3 is 2.94 bits per heavy atom. The van der Waals surface area contributed by atoms with E-state index in [1.807, 2.05) is 18.2 Å². The zero-order chi connectivity index (χ0) is 11.2. The average Bonchev–Trinajstić information content (AvgIpc) is 2.78. The average molecular weight is 220 g/mol. The van der Waals surface area contributed by atoms with E-state index in [9.17, 15) is 0 Å². The largest absolute Gasteiger partial charge is 0.450 e. The van der Waals surface area contributed by atoms with Gasteiger partial charge in [-0.2, -0.15) is 4.98 Å². The summed E-state index contributed by atoms with van der Waals surface area (Å²) in [6.45, 7) is 0.301. The van der Waals surface area contributed by atoms with Crippen LogP contribution in [0.3, 0.4) is 0 Å². The summed E-state index contributed by atoms with van der Waals surface area (Å²) in [6, 6.07) is 5.72. The van der Waals surface area contributed by atoms with Gasteiger partial charge < -0.3 is 14.3 Å². The lowest BCUT2D eigenvalue weighted by Crippen LogP contribution is -2.02. The number of aliphatic hydroxyl groups is 1. The molecule has 0 aliphatic heterocycles. The highest BCUT2D eigenvalue weighted by Gasteiger charge is 2.03. The van der Waals surface area contributed by atoms with Gasteiger partial charge in [0, 0.05) is 18.3 Å². The van der Waals surface area contributed by atoms with E-state index in [2.05, 4.69) is 9.97 Å². The molecular weight excluding hydrogens is 208 g/mol. The van der Waals surface area contributed by atoms with Crippen molar-refractivity contribution >= 4 is 0 Å². The summed E-state index contributed by atoms with van der Waals surface area (Å²) >= 11 is 0. The molecule has 0 fully saturated rings. The van der Waals surface area contributed by atoms with Crippen molar-refractivity contribution in [2.24, 2.45) is 0 Å². The van der Waals surface area contributed by atoms with Crippen molar-refractivity contribution in [1.82, 2.24) is 9.97 Å². The van der Waals surface area contributed by atoms with Crippen LogP contribution in [-0.2, 0) is 13.0 Å². The minimum absolute atomic E-state index is 0.146. The van der Waals surface area contributed by atoms with Crippen molar-refractivity contribution in [1.29, 1.82) is 0 Å². The molecule has 2 aromatic heterocycles. The van der Waals surface area contributed by atoms with Gasteiger partial charge in [-0.25, -0.2) is 0 Å². The number of aromatic nitrogens is 2. The Morgan fingerprint density at radius 2 is 2.25 bits per heavy atom. The summed E-state index contributed by atoms with van der Waals surface area (Å²) < 4.78 is 10.2. The molecule has 0 aromatic carbocycles. The van der Waals surface area contributed by atoms with E-state index in [0.29, 0.717) is 18.7 Å². The van der Waals surface area contributed by atoms with Gasteiger partial charge in [0.1, 0.15) is 12.0 Å². The Bertz CT molecular complexity index is 428. The van der Waals surface area contributed by atoms with Crippen LogP contribution >= 0.6 is 0 Å². The third-order valence-electron chi connectivity index (χ3n) is 2.00. The number of hydrogen-bond donors (Lipinski definition) is 1. The van der Waals surface area contributed by atoms with Crippen LogP contribution in [0.2, 0.25) is 0 Å². The maximum atomic E-state index is 8.77. The fourth-order valence-corrected chi connectivity index (χ4v) is 1.22. The first-order valence-electron chi connectivity index (χ1n) is 4.96. The molecule has 0 aliphatic carbocycles. The van der Waals surface area contributed by atoms with Crippen LogP contribution in [0.25, 0.3) is 0 Å². The number of pyridine rings is 1. The van der Waals surface area contributed by atoms with Crippen LogP contribution in [-0.4, -0.2) is 21.7 Å². The van der Waals surface area contributed by atoms with Gasteiger partial charge in [-0.05, 0) is 12.1 Å². The summed E-state index contributed by atoms with van der Waals surface area (Å²) in [7, 11) is 0. The van der Waals surface area contributed by atoms with Crippen LogP contribution in [0.15, 0.2) is 35.1 Å². The monoisotopic (exact) mass is 220 g/mol. The Hall–Kier alpha value is -1.88. The first-order valence-corrected chi connectivity index (χ1v) is 4.96. The van der Waals surface area contributed by atoms with Crippen molar-refractivity contribution in [3.8, 4) is 6.08 Å². The number of rotatable bonds is 5. The second kappa shape index (κ2) is 5.27. The maximum absolute atomic E-state index is 8.77. The first-order chi connectivity index (χ1) is 7.88. The predicted molar refractivity (Wildman–Crippen MR) is 55.9 cm³/mol. The van der Waals surface area contributed by atoms with Gasteiger partial charge in [-0.3, -0.25) is 4.98 Å². The Balaban J connectivity index is 1.80. The van der Waals surface area contributed by atoms with Crippen molar-refractivity contribution < 1.29 is 14.3 Å². The molecule has 0 unspecified atom stereocenters. The molecule has 0 atom stereocenters. The number of nitrogens with zero attached hydrogens (tertiary/aromatic N) is 2. The van der Waals surface area contributed by atoms with E-state index in [4.69, 9.17) is 14.3 Å². The molecule has 84 valence electrons. The molecule has 0 aliphatic rings. The van der Waals surface area contributed by atoms with Crippen LogP contribution in [0.1, 0.15) is 11.4 Å². The van der Waals surface area contributed by atoms with Gasteiger partial charge in [0.2, 0.25) is 0 Å². The van der Waals surface area contributed by atoms with Crippen molar-refractivity contribution in [3.63, 3.8) is 0 Å². The van der Waals surface area contributed by atoms with Crippen molar-refractivity contribution in [2.45, 2.75) is 13.0 Å². The van der Waals surface area contributed by atoms with E-state index in [-0.39, 0.29) is 12.7 Å². The first kappa shape index (κ1) is 10.6. The summed E-state index contributed by atoms with van der Waals surface area (Å²) in [5.41, 5.74) is 1.42. The zero-order valence-electron chi connectivity index (χ0n) is 8.67. The van der Waals surface area contributed by atoms with Crippen molar-refractivity contribution in [3.05, 3.63) is 42.0 Å². The molecule has 0 saturated carbocycles. The molecule has 0 radical (unpaired) electrons. The summed E-state index contributed by atoms with van der Waals surface area (Å²) in [4.78, 5) is 8.06. The molecule has 2 heterocycles. The van der Waals surface area contributed by atoms with Gasteiger partial charge in [0.25, 0.3) is 0 Å². The molecule has 2 aromatic rings. The molecule has 1 N–H and O–H groups in total. The summed E-state index contributed by atoms with van der Waals surface area (Å²) in [6.07, 6.45) is 3.98. The molecule has 0 saturated heterocycles. The maximum Gasteiger partial charge on any atom is 0.393 e. The molecule has 0 bridgehead atoms. The SMILES string of the molecule is OCc1coc(OCCc2ccccn2)n1. The molecule has 5 nitrogen and oxygen atoms in total. The molecule has 0 amide bonds. The number of oxazole rings is 1. The molecule has 0 spiro atoms. The highest BCUT2D eigenvalue weighted by molar-refractivity contribution is 5.04.